The van der Waals surface area contributed by atoms with Crippen molar-refractivity contribution < 1.29 is 24.2 Å². The highest BCUT2D eigenvalue weighted by Crippen LogP contribution is 2.27. The number of carbonyl (C=O) groups excluding carboxylic acids is 1. The van der Waals surface area contributed by atoms with Crippen LogP contribution in [0.15, 0.2) is 0 Å². The Bertz CT molecular complexity index is 342. The van der Waals surface area contributed by atoms with Gasteiger partial charge in [0.25, 0.3) is 0 Å². The van der Waals surface area contributed by atoms with Gasteiger partial charge in [-0.3, -0.25) is 4.79 Å². The van der Waals surface area contributed by atoms with E-state index in [2.05, 4.69) is 5.32 Å². The van der Waals surface area contributed by atoms with Crippen LogP contribution >= 0.6 is 0 Å². The van der Waals surface area contributed by atoms with Gasteiger partial charge in [0, 0.05) is 25.2 Å². The fraction of sp³-hybridized carbons (Fsp3) is 0.857. The first-order valence-corrected chi connectivity index (χ1v) is 7.03. The summed E-state index contributed by atoms with van der Waals surface area (Å²) in [5.74, 6) is -0.815. The largest absolute Gasteiger partial charge is 0.481 e. The minimum atomic E-state index is -0.815. The molecule has 0 unspecified atom stereocenters. The molecule has 0 spiro atoms. The number of alkyl carbamates (subject to hydrolysis) is 1. The van der Waals surface area contributed by atoms with Crippen molar-refractivity contribution in [2.45, 2.75) is 64.0 Å². The Morgan fingerprint density at radius 1 is 1.30 bits per heavy atom. The SMILES string of the molecule is CC(C)(C)OC(=O)NC1(CCCC(=O)O)CCOCC1. The van der Waals surface area contributed by atoms with E-state index in [1.54, 1.807) is 0 Å². The molecule has 20 heavy (non-hydrogen) atoms. The van der Waals surface area contributed by atoms with E-state index in [-0.39, 0.29) is 6.42 Å². The smallest absolute Gasteiger partial charge is 0.408 e. The van der Waals surface area contributed by atoms with Crippen LogP contribution in [0.25, 0.3) is 0 Å². The third-order valence-electron chi connectivity index (χ3n) is 3.26. The summed E-state index contributed by atoms with van der Waals surface area (Å²) in [4.78, 5) is 22.6. The molecule has 1 rings (SSSR count). The number of carboxylic acids is 1. The van der Waals surface area contributed by atoms with Crippen molar-refractivity contribution >= 4 is 12.1 Å². The molecular weight excluding hydrogens is 262 g/mol. The number of ether oxygens (including phenoxy) is 2. The maximum Gasteiger partial charge on any atom is 0.408 e. The molecule has 0 bridgehead atoms. The molecule has 1 aliphatic heterocycles. The summed E-state index contributed by atoms with van der Waals surface area (Å²) in [6, 6.07) is 0. The quantitative estimate of drug-likeness (QED) is 0.810. The second-order valence-corrected chi connectivity index (χ2v) is 6.27. The predicted octanol–water partition coefficient (Wildman–Crippen LogP) is 2.32. The molecule has 1 amide bonds. The number of aliphatic carboxylic acids is 1. The van der Waals surface area contributed by atoms with Crippen LogP contribution in [0.4, 0.5) is 4.79 Å². The molecule has 1 saturated heterocycles. The maximum atomic E-state index is 11.9. The molecule has 2 N–H and O–H groups in total. The monoisotopic (exact) mass is 287 g/mol. The fourth-order valence-corrected chi connectivity index (χ4v) is 2.30. The Morgan fingerprint density at radius 2 is 1.90 bits per heavy atom. The highest BCUT2D eigenvalue weighted by molar-refractivity contribution is 5.69. The Kier molecular flexibility index (Phi) is 5.80. The summed E-state index contributed by atoms with van der Waals surface area (Å²) in [5.41, 5.74) is -0.951. The zero-order valence-electron chi connectivity index (χ0n) is 12.5. The van der Waals surface area contributed by atoms with Crippen LogP contribution in [0, 0.1) is 0 Å². The minimum absolute atomic E-state index is 0.110. The van der Waals surface area contributed by atoms with E-state index in [0.717, 1.165) is 0 Å². The first-order chi connectivity index (χ1) is 9.22. The molecular formula is C14H25NO5. The van der Waals surface area contributed by atoms with Crippen LogP contribution in [-0.2, 0) is 14.3 Å². The van der Waals surface area contributed by atoms with E-state index in [0.29, 0.717) is 38.9 Å². The predicted molar refractivity (Wildman–Crippen MR) is 73.6 cm³/mol. The molecule has 0 radical (unpaired) electrons. The molecule has 6 nitrogen and oxygen atoms in total. The molecule has 0 aliphatic carbocycles. The first-order valence-electron chi connectivity index (χ1n) is 7.03. The van der Waals surface area contributed by atoms with Gasteiger partial charge in [-0.15, -0.1) is 0 Å². The number of hydrogen-bond acceptors (Lipinski definition) is 4. The summed E-state index contributed by atoms with van der Waals surface area (Å²) >= 11 is 0. The van der Waals surface area contributed by atoms with Crippen molar-refractivity contribution in [3.63, 3.8) is 0 Å². The highest BCUT2D eigenvalue weighted by atomic mass is 16.6. The van der Waals surface area contributed by atoms with Gasteiger partial charge in [0.1, 0.15) is 5.60 Å². The van der Waals surface area contributed by atoms with Gasteiger partial charge in [-0.2, -0.15) is 0 Å². The van der Waals surface area contributed by atoms with Gasteiger partial charge in [-0.25, -0.2) is 4.79 Å². The minimum Gasteiger partial charge on any atom is -0.481 e. The second-order valence-electron chi connectivity index (χ2n) is 6.27. The zero-order chi connectivity index (χ0) is 15.2. The van der Waals surface area contributed by atoms with Gasteiger partial charge in [-0.05, 0) is 46.5 Å². The Hall–Kier alpha value is -1.30. The Morgan fingerprint density at radius 3 is 2.40 bits per heavy atom. The second kappa shape index (κ2) is 6.92. The van der Waals surface area contributed by atoms with Crippen molar-refractivity contribution in [3.8, 4) is 0 Å². The summed E-state index contributed by atoms with van der Waals surface area (Å²) in [6.07, 6.45) is 2.19. The topological polar surface area (TPSA) is 84.9 Å². The van der Waals surface area contributed by atoms with E-state index in [4.69, 9.17) is 14.6 Å². The number of carboxylic acid groups (broad SMARTS) is 1. The van der Waals surface area contributed by atoms with Crippen molar-refractivity contribution in [2.24, 2.45) is 0 Å². The molecule has 0 aromatic carbocycles. The average Bonchev–Trinajstić information content (AvgIpc) is 2.26. The molecule has 0 atom stereocenters. The van der Waals surface area contributed by atoms with Crippen LogP contribution in [-0.4, -0.2) is 41.5 Å². The van der Waals surface area contributed by atoms with E-state index < -0.39 is 23.2 Å². The lowest BCUT2D eigenvalue weighted by Gasteiger charge is -2.38. The third-order valence-corrected chi connectivity index (χ3v) is 3.26. The maximum absolute atomic E-state index is 11.9. The van der Waals surface area contributed by atoms with Crippen LogP contribution in [0.2, 0.25) is 0 Å². The summed E-state index contributed by atoms with van der Waals surface area (Å²) in [7, 11) is 0. The molecule has 0 aromatic heterocycles. The molecule has 1 heterocycles. The number of hydrogen-bond donors (Lipinski definition) is 2. The Labute approximate surface area is 119 Å². The van der Waals surface area contributed by atoms with Gasteiger partial charge in [0.05, 0.1) is 0 Å². The molecule has 1 aliphatic rings. The van der Waals surface area contributed by atoms with Gasteiger partial charge in [0.15, 0.2) is 0 Å². The number of rotatable bonds is 5. The van der Waals surface area contributed by atoms with Gasteiger partial charge < -0.3 is 19.9 Å². The van der Waals surface area contributed by atoms with Gasteiger partial charge in [0.2, 0.25) is 0 Å². The van der Waals surface area contributed by atoms with Gasteiger partial charge >= 0.3 is 12.1 Å². The third kappa shape index (κ3) is 6.23. The summed E-state index contributed by atoms with van der Waals surface area (Å²) < 4.78 is 10.6. The van der Waals surface area contributed by atoms with Crippen LogP contribution in [0.5, 0.6) is 0 Å². The Balaban J connectivity index is 2.58. The molecule has 1 fully saturated rings. The van der Waals surface area contributed by atoms with Crippen molar-refractivity contribution in [1.82, 2.24) is 5.32 Å². The van der Waals surface area contributed by atoms with Crippen LogP contribution < -0.4 is 5.32 Å². The number of nitrogens with one attached hydrogen (secondary N) is 1. The molecule has 0 saturated carbocycles. The van der Waals surface area contributed by atoms with Crippen LogP contribution in [0.3, 0.4) is 0 Å². The average molecular weight is 287 g/mol. The van der Waals surface area contributed by atoms with Gasteiger partial charge in [-0.1, -0.05) is 0 Å². The fourth-order valence-electron chi connectivity index (χ4n) is 2.30. The first kappa shape index (κ1) is 16.8. The van der Waals surface area contributed by atoms with Crippen molar-refractivity contribution in [3.05, 3.63) is 0 Å². The van der Waals surface area contributed by atoms with E-state index in [1.165, 1.54) is 0 Å². The molecule has 6 heteroatoms. The summed E-state index contributed by atoms with van der Waals surface area (Å²) in [5, 5.41) is 11.7. The number of amides is 1. The molecule has 116 valence electrons. The van der Waals surface area contributed by atoms with E-state index in [9.17, 15) is 9.59 Å². The highest BCUT2D eigenvalue weighted by Gasteiger charge is 2.35. The van der Waals surface area contributed by atoms with E-state index in [1.807, 2.05) is 20.8 Å². The lowest BCUT2D eigenvalue weighted by Crippen LogP contribution is -2.53. The zero-order valence-corrected chi connectivity index (χ0v) is 12.5. The number of carbonyl (C=O) groups is 2. The standard InChI is InChI=1S/C14H25NO5/c1-13(2,3)20-12(18)15-14(6-4-5-11(16)17)7-9-19-10-8-14/h4-10H2,1-3H3,(H,15,18)(H,16,17). The lowest BCUT2D eigenvalue weighted by molar-refractivity contribution is -0.137. The van der Waals surface area contributed by atoms with Crippen LogP contribution in [0.1, 0.15) is 52.9 Å². The lowest BCUT2D eigenvalue weighted by atomic mass is 9.85. The molecule has 0 aromatic rings. The van der Waals surface area contributed by atoms with Crippen molar-refractivity contribution in [2.75, 3.05) is 13.2 Å². The van der Waals surface area contributed by atoms with E-state index >= 15 is 0 Å². The normalized spacial score (nSPS) is 18.4. The summed E-state index contributed by atoms with van der Waals surface area (Å²) in [6.45, 7) is 6.58. The van der Waals surface area contributed by atoms with Crippen molar-refractivity contribution in [1.29, 1.82) is 0 Å².